The predicted molar refractivity (Wildman–Crippen MR) is 298 cm³/mol. The topological polar surface area (TPSA) is 91.3 Å². The molecule has 1 N–H and O–H groups in total. The second-order valence-electron chi connectivity index (χ2n) is 19.6. The summed E-state index contributed by atoms with van der Waals surface area (Å²) < 4.78 is 35.2. The molecule has 0 aliphatic carbocycles. The van der Waals surface area contributed by atoms with Crippen LogP contribution in [-0.4, -0.2) is 75.6 Å². The van der Waals surface area contributed by atoms with Gasteiger partial charge in [-0.1, -0.05) is 214 Å². The summed E-state index contributed by atoms with van der Waals surface area (Å²) in [5.74, 6) is -0.326. The minimum Gasteiger partial charge on any atom is -0.457 e. The minimum absolute atomic E-state index is 0.0794. The summed E-state index contributed by atoms with van der Waals surface area (Å²) in [5, 5.41) is 0. The Bertz CT molecular complexity index is 1420. The highest BCUT2D eigenvalue weighted by Gasteiger charge is 2.26. The Hall–Kier alpha value is -2.58. The minimum atomic E-state index is -4.30. The SMILES string of the molecule is CC/C=C\C/C=C\C/C=C\C/C=C\C/C=C\CCCCCCCCOCC(COP(=O)(O)OCC[N+](C)(C)C)OC(=O)CCCCCCCCCCCC/C=C\C/C=C\C/C=C\CCCCCCC. The van der Waals surface area contributed by atoms with E-state index < -0.39 is 13.9 Å². The molecular weight excluding hydrogens is 878 g/mol. The van der Waals surface area contributed by atoms with Crippen molar-refractivity contribution in [2.45, 2.75) is 225 Å². The third-order valence-electron chi connectivity index (χ3n) is 11.6. The van der Waals surface area contributed by atoms with Crippen LogP contribution in [0.15, 0.2) is 97.2 Å². The van der Waals surface area contributed by atoms with E-state index in [-0.39, 0.29) is 25.8 Å². The fraction of sp³-hybridized carbons (Fsp3) is 0.717. The maximum atomic E-state index is 12.8. The van der Waals surface area contributed by atoms with E-state index in [4.69, 9.17) is 18.5 Å². The molecule has 0 aromatic heterocycles. The van der Waals surface area contributed by atoms with Crippen LogP contribution >= 0.6 is 7.82 Å². The average Bonchev–Trinajstić information content (AvgIpc) is 3.31. The van der Waals surface area contributed by atoms with Crippen molar-refractivity contribution in [1.29, 1.82) is 0 Å². The van der Waals surface area contributed by atoms with E-state index in [1.807, 2.05) is 21.1 Å². The van der Waals surface area contributed by atoms with E-state index in [1.165, 1.54) is 109 Å². The van der Waals surface area contributed by atoms with Crippen LogP contribution in [-0.2, 0) is 27.9 Å². The first-order valence-corrected chi connectivity index (χ1v) is 29.5. The molecule has 0 bridgehead atoms. The normalized spacial score (nSPS) is 14.2. The first-order valence-electron chi connectivity index (χ1n) is 28.0. The van der Waals surface area contributed by atoms with Crippen molar-refractivity contribution in [3.8, 4) is 0 Å². The third kappa shape index (κ3) is 56.2. The van der Waals surface area contributed by atoms with Gasteiger partial charge in [0.05, 0.1) is 34.4 Å². The summed E-state index contributed by atoms with van der Waals surface area (Å²) in [6, 6.07) is 0. The van der Waals surface area contributed by atoms with Crippen LogP contribution in [0.5, 0.6) is 0 Å². The van der Waals surface area contributed by atoms with Crippen molar-refractivity contribution in [3.05, 3.63) is 97.2 Å². The molecule has 0 saturated heterocycles. The van der Waals surface area contributed by atoms with Crippen LogP contribution in [0.2, 0.25) is 0 Å². The molecule has 69 heavy (non-hydrogen) atoms. The number of phosphoric ester groups is 1. The number of rotatable bonds is 51. The molecule has 0 amide bonds. The molecule has 0 spiro atoms. The van der Waals surface area contributed by atoms with Gasteiger partial charge in [-0.15, -0.1) is 0 Å². The Balaban J connectivity index is 4.16. The smallest absolute Gasteiger partial charge is 0.457 e. The molecule has 8 nitrogen and oxygen atoms in total. The van der Waals surface area contributed by atoms with Gasteiger partial charge in [0.25, 0.3) is 0 Å². The molecule has 398 valence electrons. The van der Waals surface area contributed by atoms with Gasteiger partial charge in [-0.3, -0.25) is 13.8 Å². The first-order chi connectivity index (χ1) is 33.6. The van der Waals surface area contributed by atoms with Gasteiger partial charge < -0.3 is 18.9 Å². The van der Waals surface area contributed by atoms with Crippen LogP contribution < -0.4 is 0 Å². The first kappa shape index (κ1) is 66.4. The standard InChI is InChI=1S/C60H106NO7P/c1-6-8-10-12-14-16-18-20-22-24-26-28-30-31-32-33-35-37-39-41-43-45-47-49-51-53-60(62)68-59(58-67-69(63,64)66-56-54-61(3,4)5)57-65-55-52-50-48-46-44-42-40-38-36-34-29-27-25-23-21-19-17-15-13-11-9-7-2/h9,11,15,17-18,20-21,23-24,26-27,29-31,36,38,59H,6-8,10,12-14,16,19,22,25,28,32-35,37,39-58H2,1-5H3/p+1/b11-9-,17-15-,20-18-,23-21-,26-24-,29-27-,31-30-,38-36-. The molecule has 0 aliphatic rings. The Morgan fingerprint density at radius 1 is 0.464 bits per heavy atom. The number of carbonyl (C=O) groups is 1. The molecule has 0 heterocycles. The second-order valence-corrected chi connectivity index (χ2v) is 21.0. The number of unbranched alkanes of at least 4 members (excludes halogenated alkanes) is 21. The summed E-state index contributed by atoms with van der Waals surface area (Å²) in [7, 11) is 1.64. The van der Waals surface area contributed by atoms with Gasteiger partial charge in [-0.05, 0) is 96.3 Å². The molecule has 0 aliphatic heterocycles. The maximum absolute atomic E-state index is 12.8. The summed E-state index contributed by atoms with van der Waals surface area (Å²) >= 11 is 0. The number of esters is 1. The number of likely N-dealkylation sites (N-methyl/N-ethyl adjacent to an activating group) is 1. The van der Waals surface area contributed by atoms with Gasteiger partial charge in [0.2, 0.25) is 0 Å². The van der Waals surface area contributed by atoms with E-state index in [1.54, 1.807) is 0 Å². The fourth-order valence-corrected chi connectivity index (χ4v) is 8.09. The van der Waals surface area contributed by atoms with Gasteiger partial charge in [-0.25, -0.2) is 4.57 Å². The molecule has 9 heteroatoms. The van der Waals surface area contributed by atoms with Crippen molar-refractivity contribution in [2.24, 2.45) is 0 Å². The summed E-state index contributed by atoms with van der Waals surface area (Å²) in [6.07, 6.45) is 71.7. The van der Waals surface area contributed by atoms with Crippen LogP contribution in [0.1, 0.15) is 219 Å². The van der Waals surface area contributed by atoms with E-state index in [0.717, 1.165) is 89.9 Å². The maximum Gasteiger partial charge on any atom is 0.472 e. The van der Waals surface area contributed by atoms with Crippen molar-refractivity contribution in [3.63, 3.8) is 0 Å². The largest absolute Gasteiger partial charge is 0.472 e. The van der Waals surface area contributed by atoms with Gasteiger partial charge in [-0.2, -0.15) is 0 Å². The number of quaternary nitrogens is 1. The monoisotopic (exact) mass is 985 g/mol. The van der Waals surface area contributed by atoms with Crippen LogP contribution in [0, 0.1) is 0 Å². The number of ether oxygens (including phenoxy) is 2. The molecule has 0 saturated carbocycles. The molecule has 0 rings (SSSR count). The van der Waals surface area contributed by atoms with Crippen LogP contribution in [0.4, 0.5) is 0 Å². The molecule has 0 aromatic rings. The molecular formula is C60H107NO7P+. The number of carbonyl (C=O) groups excluding carboxylic acids is 1. The Kier molecular flexibility index (Phi) is 49.8. The summed E-state index contributed by atoms with van der Waals surface area (Å²) in [5.41, 5.74) is 0. The van der Waals surface area contributed by atoms with Gasteiger partial charge in [0.1, 0.15) is 19.3 Å². The highest BCUT2D eigenvalue weighted by Crippen LogP contribution is 2.43. The lowest BCUT2D eigenvalue weighted by molar-refractivity contribution is -0.870. The molecule has 0 fully saturated rings. The van der Waals surface area contributed by atoms with E-state index in [0.29, 0.717) is 24.1 Å². The van der Waals surface area contributed by atoms with Crippen molar-refractivity contribution in [1.82, 2.24) is 0 Å². The van der Waals surface area contributed by atoms with Crippen LogP contribution in [0.3, 0.4) is 0 Å². The lowest BCUT2D eigenvalue weighted by atomic mass is 10.0. The van der Waals surface area contributed by atoms with Gasteiger partial charge in [0, 0.05) is 13.0 Å². The zero-order valence-corrected chi connectivity index (χ0v) is 46.2. The highest BCUT2D eigenvalue weighted by atomic mass is 31.2. The molecule has 2 unspecified atom stereocenters. The van der Waals surface area contributed by atoms with Crippen molar-refractivity contribution >= 4 is 13.8 Å². The van der Waals surface area contributed by atoms with Crippen molar-refractivity contribution in [2.75, 3.05) is 54.1 Å². The molecule has 0 aromatic carbocycles. The lowest BCUT2D eigenvalue weighted by Crippen LogP contribution is -2.37. The average molecular weight is 985 g/mol. The Morgan fingerprint density at radius 3 is 1.26 bits per heavy atom. The third-order valence-corrected chi connectivity index (χ3v) is 12.6. The Labute approximate surface area is 426 Å². The zero-order chi connectivity index (χ0) is 50.5. The fourth-order valence-electron chi connectivity index (χ4n) is 7.35. The summed E-state index contributed by atoms with van der Waals surface area (Å²) in [4.78, 5) is 23.1. The van der Waals surface area contributed by atoms with Crippen molar-refractivity contribution < 1.29 is 37.3 Å². The summed E-state index contributed by atoms with van der Waals surface area (Å²) in [6.45, 7) is 5.45. The van der Waals surface area contributed by atoms with E-state index in [2.05, 4.69) is 111 Å². The quantitative estimate of drug-likeness (QED) is 0.0213. The predicted octanol–water partition coefficient (Wildman–Crippen LogP) is 17.7. The number of allylic oxidation sites excluding steroid dienone is 16. The van der Waals surface area contributed by atoms with Crippen LogP contribution in [0.25, 0.3) is 0 Å². The highest BCUT2D eigenvalue weighted by molar-refractivity contribution is 7.47. The Morgan fingerprint density at radius 2 is 0.841 bits per heavy atom. The van der Waals surface area contributed by atoms with E-state index >= 15 is 0 Å². The second kappa shape index (κ2) is 51.8. The molecule has 2 atom stereocenters. The molecule has 0 radical (unpaired) electrons. The number of hydrogen-bond donors (Lipinski definition) is 1. The van der Waals surface area contributed by atoms with E-state index in [9.17, 15) is 14.3 Å². The lowest BCUT2D eigenvalue weighted by Gasteiger charge is -2.24. The number of phosphoric acid groups is 1. The zero-order valence-electron chi connectivity index (χ0n) is 45.3. The van der Waals surface area contributed by atoms with Gasteiger partial charge >= 0.3 is 13.8 Å². The van der Waals surface area contributed by atoms with Gasteiger partial charge in [0.15, 0.2) is 0 Å². The number of hydrogen-bond acceptors (Lipinski definition) is 6. The number of nitrogens with zero attached hydrogens (tertiary/aromatic N) is 1.